The van der Waals surface area contributed by atoms with Crippen LogP contribution in [0.25, 0.3) is 0 Å². The predicted molar refractivity (Wildman–Crippen MR) is 66.5 cm³/mol. The maximum Gasteiger partial charge on any atom is 0.146 e. The van der Waals surface area contributed by atoms with Crippen LogP contribution < -0.4 is 5.43 Å². The second kappa shape index (κ2) is 5.21. The molecule has 0 radical (unpaired) electrons. The molecule has 1 heterocycles. The molecule has 0 aliphatic rings. The molecule has 0 fully saturated rings. The summed E-state index contributed by atoms with van der Waals surface area (Å²) in [6.45, 7) is 1.81. The van der Waals surface area contributed by atoms with Crippen molar-refractivity contribution in [2.45, 2.75) is 6.92 Å². The normalized spacial score (nSPS) is 11.3. The molecule has 0 aliphatic heterocycles. The molecule has 0 aliphatic carbocycles. The number of hydrazone groups is 1. The van der Waals surface area contributed by atoms with Crippen LogP contribution in [0.5, 0.6) is 0 Å². The molecule has 0 saturated heterocycles. The molecule has 0 amide bonds. The van der Waals surface area contributed by atoms with E-state index in [0.717, 1.165) is 5.56 Å². The minimum Gasteiger partial charge on any atom is -0.261 e. The molecule has 86 valence electrons. The minimum absolute atomic E-state index is 0.269. The third-order valence-corrected chi connectivity index (χ3v) is 2.25. The molecule has 0 atom stereocenters. The molecular weight excluding hydrogens is 217 g/mol. The first-order valence-corrected chi connectivity index (χ1v) is 5.23. The Kier molecular flexibility index (Phi) is 3.45. The van der Waals surface area contributed by atoms with Crippen molar-refractivity contribution in [2.75, 3.05) is 5.43 Å². The van der Waals surface area contributed by atoms with E-state index in [1.54, 1.807) is 12.3 Å². The summed E-state index contributed by atoms with van der Waals surface area (Å²) in [5.74, 6) is 0.387. The third kappa shape index (κ3) is 3.11. The molecule has 0 unspecified atom stereocenters. The van der Waals surface area contributed by atoms with Gasteiger partial charge in [-0.1, -0.05) is 18.2 Å². The second-order valence-electron chi connectivity index (χ2n) is 3.53. The minimum atomic E-state index is -0.269. The zero-order valence-electron chi connectivity index (χ0n) is 9.39. The van der Waals surface area contributed by atoms with E-state index in [4.69, 9.17) is 0 Å². The fraction of sp³-hybridized carbons (Fsp3) is 0.0769. The first-order valence-electron chi connectivity index (χ1n) is 5.23. The van der Waals surface area contributed by atoms with Crippen LogP contribution >= 0.6 is 0 Å². The van der Waals surface area contributed by atoms with Crippen LogP contribution in [-0.4, -0.2) is 10.7 Å². The quantitative estimate of drug-likeness (QED) is 0.648. The second-order valence-corrected chi connectivity index (χ2v) is 3.53. The number of halogens is 1. The third-order valence-electron chi connectivity index (χ3n) is 2.25. The lowest BCUT2D eigenvalue weighted by Gasteiger charge is -2.02. The van der Waals surface area contributed by atoms with Crippen LogP contribution in [0.15, 0.2) is 53.8 Å². The number of pyridine rings is 1. The predicted octanol–water partition coefficient (Wildman–Crippen LogP) is 3.06. The van der Waals surface area contributed by atoms with Crippen LogP contribution in [0.4, 0.5) is 10.2 Å². The van der Waals surface area contributed by atoms with Crippen molar-refractivity contribution in [3.05, 3.63) is 60.0 Å². The molecule has 1 aromatic heterocycles. The van der Waals surface area contributed by atoms with Crippen LogP contribution in [0, 0.1) is 5.82 Å². The molecule has 3 nitrogen and oxygen atoms in total. The summed E-state index contributed by atoms with van der Waals surface area (Å²) >= 11 is 0. The van der Waals surface area contributed by atoms with Gasteiger partial charge in [0.25, 0.3) is 0 Å². The highest BCUT2D eigenvalue weighted by Crippen LogP contribution is 2.06. The van der Waals surface area contributed by atoms with Crippen LogP contribution in [0.3, 0.4) is 0 Å². The highest BCUT2D eigenvalue weighted by molar-refractivity contribution is 5.98. The Morgan fingerprint density at radius 1 is 1.24 bits per heavy atom. The molecule has 1 N–H and O–H groups in total. The number of rotatable bonds is 3. The standard InChI is InChI=1S/C13H12FN3/c1-10(11-5-4-6-12(14)9-11)16-17-13-7-2-3-8-15-13/h2-9H,1H3,(H,15,17)/b16-10+. The summed E-state index contributed by atoms with van der Waals surface area (Å²) in [4.78, 5) is 4.07. The number of nitrogens with one attached hydrogen (secondary N) is 1. The van der Waals surface area contributed by atoms with E-state index in [1.165, 1.54) is 12.1 Å². The van der Waals surface area contributed by atoms with Gasteiger partial charge in [-0.15, -0.1) is 0 Å². The molecule has 2 rings (SSSR count). The number of nitrogens with zero attached hydrogens (tertiary/aromatic N) is 2. The Hall–Kier alpha value is -2.23. The first kappa shape index (κ1) is 11.3. The lowest BCUT2D eigenvalue weighted by molar-refractivity contribution is 0.627. The fourth-order valence-electron chi connectivity index (χ4n) is 1.35. The van der Waals surface area contributed by atoms with Gasteiger partial charge in [-0.25, -0.2) is 9.37 Å². The fourth-order valence-corrected chi connectivity index (χ4v) is 1.35. The summed E-state index contributed by atoms with van der Waals surface area (Å²) in [6.07, 6.45) is 1.68. The maximum absolute atomic E-state index is 13.0. The van der Waals surface area contributed by atoms with Gasteiger partial charge in [0.05, 0.1) is 5.71 Å². The van der Waals surface area contributed by atoms with Gasteiger partial charge in [0.2, 0.25) is 0 Å². The Bertz CT molecular complexity index is 523. The number of hydrogen-bond donors (Lipinski definition) is 1. The van der Waals surface area contributed by atoms with Gasteiger partial charge >= 0.3 is 0 Å². The molecular formula is C13H12FN3. The van der Waals surface area contributed by atoms with Crippen molar-refractivity contribution in [1.29, 1.82) is 0 Å². The van der Waals surface area contributed by atoms with Gasteiger partial charge in [0.1, 0.15) is 11.6 Å². The van der Waals surface area contributed by atoms with Gasteiger partial charge < -0.3 is 0 Å². The average Bonchev–Trinajstić information content (AvgIpc) is 2.37. The van der Waals surface area contributed by atoms with Gasteiger partial charge in [-0.3, -0.25) is 5.43 Å². The maximum atomic E-state index is 13.0. The van der Waals surface area contributed by atoms with Crippen molar-refractivity contribution >= 4 is 11.5 Å². The Morgan fingerprint density at radius 2 is 2.12 bits per heavy atom. The van der Waals surface area contributed by atoms with E-state index in [9.17, 15) is 4.39 Å². The molecule has 17 heavy (non-hydrogen) atoms. The van der Waals surface area contributed by atoms with E-state index >= 15 is 0 Å². The van der Waals surface area contributed by atoms with E-state index in [2.05, 4.69) is 15.5 Å². The van der Waals surface area contributed by atoms with Crippen molar-refractivity contribution in [2.24, 2.45) is 5.10 Å². The Labute approximate surface area is 99.0 Å². The number of anilines is 1. The van der Waals surface area contributed by atoms with Crippen LogP contribution in [0.2, 0.25) is 0 Å². The molecule has 0 saturated carbocycles. The first-order chi connectivity index (χ1) is 8.25. The number of benzene rings is 1. The number of hydrogen-bond acceptors (Lipinski definition) is 3. The summed E-state index contributed by atoms with van der Waals surface area (Å²) in [5.41, 5.74) is 4.26. The Morgan fingerprint density at radius 3 is 2.82 bits per heavy atom. The molecule has 0 spiro atoms. The smallest absolute Gasteiger partial charge is 0.146 e. The summed E-state index contributed by atoms with van der Waals surface area (Å²) in [5, 5.41) is 4.14. The average molecular weight is 229 g/mol. The monoisotopic (exact) mass is 229 g/mol. The van der Waals surface area contributed by atoms with Crippen molar-refractivity contribution in [3.63, 3.8) is 0 Å². The van der Waals surface area contributed by atoms with Gasteiger partial charge in [0.15, 0.2) is 0 Å². The van der Waals surface area contributed by atoms with Crippen molar-refractivity contribution in [3.8, 4) is 0 Å². The summed E-state index contributed by atoms with van der Waals surface area (Å²) in [7, 11) is 0. The molecule has 4 heteroatoms. The highest BCUT2D eigenvalue weighted by atomic mass is 19.1. The van der Waals surface area contributed by atoms with Gasteiger partial charge in [-0.05, 0) is 31.2 Å². The molecule has 1 aromatic carbocycles. The van der Waals surface area contributed by atoms with Gasteiger partial charge in [0, 0.05) is 11.8 Å². The van der Waals surface area contributed by atoms with E-state index in [1.807, 2.05) is 31.2 Å². The zero-order chi connectivity index (χ0) is 12.1. The van der Waals surface area contributed by atoms with E-state index in [0.29, 0.717) is 11.5 Å². The lowest BCUT2D eigenvalue weighted by atomic mass is 10.1. The topological polar surface area (TPSA) is 37.3 Å². The molecule has 0 bridgehead atoms. The largest absolute Gasteiger partial charge is 0.261 e. The summed E-state index contributed by atoms with van der Waals surface area (Å²) in [6, 6.07) is 11.8. The van der Waals surface area contributed by atoms with Crippen LogP contribution in [0.1, 0.15) is 12.5 Å². The lowest BCUT2D eigenvalue weighted by Crippen LogP contribution is -2.00. The summed E-state index contributed by atoms with van der Waals surface area (Å²) < 4.78 is 13.0. The highest BCUT2D eigenvalue weighted by Gasteiger charge is 1.98. The molecule has 2 aromatic rings. The van der Waals surface area contributed by atoms with E-state index < -0.39 is 0 Å². The van der Waals surface area contributed by atoms with Crippen molar-refractivity contribution < 1.29 is 4.39 Å². The Balaban J connectivity index is 2.12. The van der Waals surface area contributed by atoms with Gasteiger partial charge in [-0.2, -0.15) is 5.10 Å². The van der Waals surface area contributed by atoms with Crippen LogP contribution in [-0.2, 0) is 0 Å². The van der Waals surface area contributed by atoms with Crippen molar-refractivity contribution in [1.82, 2.24) is 4.98 Å². The SMILES string of the molecule is C/C(=N\Nc1ccccn1)c1cccc(F)c1. The zero-order valence-corrected chi connectivity index (χ0v) is 9.39. The number of aromatic nitrogens is 1. The van der Waals surface area contributed by atoms with E-state index in [-0.39, 0.29) is 5.82 Å².